The topological polar surface area (TPSA) is 76.4 Å². The van der Waals surface area contributed by atoms with Gasteiger partial charge < -0.3 is 14.0 Å². The zero-order valence-electron chi connectivity index (χ0n) is 21.3. The van der Waals surface area contributed by atoms with Gasteiger partial charge in [0.1, 0.15) is 0 Å². The van der Waals surface area contributed by atoms with E-state index in [-0.39, 0.29) is 12.2 Å². The highest BCUT2D eigenvalue weighted by molar-refractivity contribution is 7.89. The molecule has 2 saturated heterocycles. The predicted octanol–water partition coefficient (Wildman–Crippen LogP) is 3.58. The molecule has 2 aliphatic heterocycles. The molecule has 5 rings (SSSR count). The number of aromatic nitrogens is 1. The summed E-state index contributed by atoms with van der Waals surface area (Å²) in [5.41, 5.74) is 2.72. The SMILES string of the molecule is C[C@H]1CN(S(=O)(=O)c2cccc(-c3csc(=Nc4ccccc4)n3CCN3CCOCC3)c2)C[C@H](C)O1. The maximum Gasteiger partial charge on any atom is 0.243 e. The van der Waals surface area contributed by atoms with Crippen LogP contribution in [0, 0.1) is 0 Å². The second kappa shape index (κ2) is 11.6. The Morgan fingerprint density at radius 1 is 0.973 bits per heavy atom. The molecule has 8 nitrogen and oxygen atoms in total. The molecule has 0 radical (unpaired) electrons. The number of rotatable bonds is 7. The molecule has 2 fully saturated rings. The standard InChI is InChI=1S/C27H34N4O4S2/c1-21-18-30(19-22(2)35-21)37(32,33)25-10-6-7-23(17-25)26-20-36-27(28-24-8-4-3-5-9-24)31(26)12-11-29-13-15-34-16-14-29/h3-10,17,20-22H,11-16,18-19H2,1-2H3/t21-,22-/m0/s1. The van der Waals surface area contributed by atoms with Gasteiger partial charge in [-0.25, -0.2) is 13.4 Å². The number of benzene rings is 2. The van der Waals surface area contributed by atoms with Crippen molar-refractivity contribution >= 4 is 27.0 Å². The molecule has 198 valence electrons. The van der Waals surface area contributed by atoms with Crippen molar-refractivity contribution in [1.82, 2.24) is 13.8 Å². The number of para-hydroxylation sites is 1. The summed E-state index contributed by atoms with van der Waals surface area (Å²) < 4.78 is 42.1. The average Bonchev–Trinajstić information content (AvgIpc) is 3.30. The summed E-state index contributed by atoms with van der Waals surface area (Å²) in [6, 6.07) is 17.2. The normalized spacial score (nSPS) is 22.4. The van der Waals surface area contributed by atoms with Gasteiger partial charge in [0.05, 0.1) is 41.7 Å². The highest BCUT2D eigenvalue weighted by atomic mass is 32.2. The summed E-state index contributed by atoms with van der Waals surface area (Å²) in [4.78, 5) is 8.50. The summed E-state index contributed by atoms with van der Waals surface area (Å²) in [5, 5.41) is 2.08. The predicted molar refractivity (Wildman–Crippen MR) is 145 cm³/mol. The molecule has 10 heteroatoms. The van der Waals surface area contributed by atoms with Crippen molar-refractivity contribution in [2.24, 2.45) is 4.99 Å². The summed E-state index contributed by atoms with van der Waals surface area (Å²) in [7, 11) is -3.64. The van der Waals surface area contributed by atoms with Crippen molar-refractivity contribution in [1.29, 1.82) is 0 Å². The van der Waals surface area contributed by atoms with Gasteiger partial charge in [-0.2, -0.15) is 4.31 Å². The summed E-state index contributed by atoms with van der Waals surface area (Å²) in [5.74, 6) is 0. The zero-order valence-corrected chi connectivity index (χ0v) is 23.0. The lowest BCUT2D eigenvalue weighted by atomic mass is 10.2. The number of sulfonamides is 1. The van der Waals surface area contributed by atoms with Crippen LogP contribution < -0.4 is 4.80 Å². The Bertz CT molecular complexity index is 1350. The second-order valence-electron chi connectivity index (χ2n) is 9.56. The fourth-order valence-corrected chi connectivity index (χ4v) is 7.43. The van der Waals surface area contributed by atoms with E-state index < -0.39 is 10.0 Å². The van der Waals surface area contributed by atoms with Crippen molar-refractivity contribution in [2.75, 3.05) is 45.9 Å². The van der Waals surface area contributed by atoms with Crippen molar-refractivity contribution < 1.29 is 17.9 Å². The fraction of sp³-hybridized carbons (Fsp3) is 0.444. The minimum Gasteiger partial charge on any atom is -0.379 e. The zero-order chi connectivity index (χ0) is 25.8. The molecule has 2 atom stereocenters. The lowest BCUT2D eigenvalue weighted by Gasteiger charge is -2.34. The van der Waals surface area contributed by atoms with Crippen LogP contribution in [0.5, 0.6) is 0 Å². The Morgan fingerprint density at radius 3 is 2.43 bits per heavy atom. The maximum atomic E-state index is 13.6. The minimum absolute atomic E-state index is 0.136. The first kappa shape index (κ1) is 26.3. The first-order valence-electron chi connectivity index (χ1n) is 12.7. The lowest BCUT2D eigenvalue weighted by molar-refractivity contribution is -0.0440. The number of morpholine rings is 2. The molecule has 0 spiro atoms. The highest BCUT2D eigenvalue weighted by Gasteiger charge is 2.32. The molecule has 0 N–H and O–H groups in total. The van der Waals surface area contributed by atoms with Gasteiger partial charge in [-0.3, -0.25) is 4.90 Å². The van der Waals surface area contributed by atoms with Gasteiger partial charge >= 0.3 is 0 Å². The van der Waals surface area contributed by atoms with Gasteiger partial charge in [0.25, 0.3) is 0 Å². The molecular weight excluding hydrogens is 508 g/mol. The maximum absolute atomic E-state index is 13.6. The first-order chi connectivity index (χ1) is 17.9. The molecule has 0 unspecified atom stereocenters. The first-order valence-corrected chi connectivity index (χ1v) is 15.1. The van der Waals surface area contributed by atoms with E-state index >= 15 is 0 Å². The molecule has 2 aliphatic rings. The molecular formula is C27H34N4O4S2. The van der Waals surface area contributed by atoms with Crippen LogP contribution >= 0.6 is 11.3 Å². The van der Waals surface area contributed by atoms with Crippen molar-refractivity contribution in [3.8, 4) is 11.3 Å². The van der Waals surface area contributed by atoms with Crippen molar-refractivity contribution in [3.05, 3.63) is 64.8 Å². The number of nitrogens with zero attached hydrogens (tertiary/aromatic N) is 4. The molecule has 0 bridgehead atoms. The summed E-state index contributed by atoms with van der Waals surface area (Å²) >= 11 is 1.57. The third kappa shape index (κ3) is 6.22. The summed E-state index contributed by atoms with van der Waals surface area (Å²) in [6.45, 7) is 9.48. The molecule has 3 aromatic rings. The average molecular weight is 543 g/mol. The quantitative estimate of drug-likeness (QED) is 0.456. The van der Waals surface area contributed by atoms with Crippen LogP contribution in [-0.4, -0.2) is 80.3 Å². The smallest absolute Gasteiger partial charge is 0.243 e. The van der Waals surface area contributed by atoms with Crippen LogP contribution in [0.15, 0.2) is 69.9 Å². The number of ether oxygens (including phenoxy) is 2. The third-order valence-corrected chi connectivity index (χ3v) is 9.37. The van der Waals surface area contributed by atoms with Crippen LogP contribution in [0.3, 0.4) is 0 Å². The lowest BCUT2D eigenvalue weighted by Crippen LogP contribution is -2.48. The Balaban J connectivity index is 1.49. The molecule has 0 saturated carbocycles. The van der Waals surface area contributed by atoms with Gasteiger partial charge in [-0.1, -0.05) is 30.3 Å². The van der Waals surface area contributed by atoms with Gasteiger partial charge in [0.15, 0.2) is 4.80 Å². The van der Waals surface area contributed by atoms with E-state index in [0.717, 1.165) is 61.1 Å². The van der Waals surface area contributed by atoms with E-state index in [2.05, 4.69) is 14.8 Å². The van der Waals surface area contributed by atoms with E-state index in [1.54, 1.807) is 27.8 Å². The van der Waals surface area contributed by atoms with E-state index in [4.69, 9.17) is 14.5 Å². The Kier molecular flexibility index (Phi) is 8.23. The Labute approximate surface area is 222 Å². The van der Waals surface area contributed by atoms with Crippen molar-refractivity contribution in [3.63, 3.8) is 0 Å². The van der Waals surface area contributed by atoms with Gasteiger partial charge in [-0.05, 0) is 38.1 Å². The number of thiazole rings is 1. The number of hydrogen-bond donors (Lipinski definition) is 0. The van der Waals surface area contributed by atoms with E-state index in [1.807, 2.05) is 56.3 Å². The number of hydrogen-bond acceptors (Lipinski definition) is 7. The van der Waals surface area contributed by atoms with Gasteiger partial charge in [0.2, 0.25) is 10.0 Å². The fourth-order valence-electron chi connectivity index (χ4n) is 4.84. The van der Waals surface area contributed by atoms with Gasteiger partial charge in [-0.15, -0.1) is 11.3 Å². The highest BCUT2D eigenvalue weighted by Crippen LogP contribution is 2.27. The minimum atomic E-state index is -3.64. The van der Waals surface area contributed by atoms with E-state index in [1.165, 1.54) is 0 Å². The van der Waals surface area contributed by atoms with Crippen molar-refractivity contribution in [2.45, 2.75) is 37.5 Å². The van der Waals surface area contributed by atoms with Crippen LogP contribution in [-0.2, 0) is 26.0 Å². The molecule has 2 aromatic carbocycles. The Hall–Kier alpha value is -2.34. The third-order valence-electron chi connectivity index (χ3n) is 6.68. The molecule has 0 aliphatic carbocycles. The monoisotopic (exact) mass is 542 g/mol. The second-order valence-corrected chi connectivity index (χ2v) is 12.3. The Morgan fingerprint density at radius 2 is 1.70 bits per heavy atom. The molecule has 1 aromatic heterocycles. The molecule has 3 heterocycles. The van der Waals surface area contributed by atoms with E-state index in [0.29, 0.717) is 18.0 Å². The van der Waals surface area contributed by atoms with Crippen LogP contribution in [0.25, 0.3) is 11.3 Å². The molecule has 0 amide bonds. The van der Waals surface area contributed by atoms with Crippen LogP contribution in [0.4, 0.5) is 5.69 Å². The molecule has 37 heavy (non-hydrogen) atoms. The van der Waals surface area contributed by atoms with Crippen LogP contribution in [0.2, 0.25) is 0 Å². The van der Waals surface area contributed by atoms with Crippen LogP contribution in [0.1, 0.15) is 13.8 Å². The summed E-state index contributed by atoms with van der Waals surface area (Å²) in [6.07, 6.45) is -0.272. The largest absolute Gasteiger partial charge is 0.379 e. The van der Waals surface area contributed by atoms with E-state index in [9.17, 15) is 8.42 Å². The van der Waals surface area contributed by atoms with Gasteiger partial charge in [0, 0.05) is 50.2 Å².